The van der Waals surface area contributed by atoms with Crippen molar-refractivity contribution < 1.29 is 14.3 Å². The standard InChI is InChI=1S/C23H28FN5O2/c1-14(2)21-20-19(28-11-9-16(10-12-28)27(3)4)13-18(23(30)31)25-22(20)29(26-21)17-7-5-15(24)6-8-17/h5-8,13-14,16H,9-12H2,1-4H3,(H,30,31). The number of carboxylic acids is 1. The number of fused-ring (bicyclic) bond motifs is 1. The predicted octanol–water partition coefficient (Wildman–Crippen LogP) is 3.91. The Balaban J connectivity index is 1.91. The number of piperidine rings is 1. The topological polar surface area (TPSA) is 74.5 Å². The molecule has 1 aromatic carbocycles. The van der Waals surface area contributed by atoms with Crippen LogP contribution in [0.5, 0.6) is 0 Å². The van der Waals surface area contributed by atoms with Gasteiger partial charge in [-0.2, -0.15) is 5.10 Å². The number of halogens is 1. The Hall–Kier alpha value is -3.00. The van der Waals surface area contributed by atoms with Crippen molar-refractivity contribution in [2.75, 3.05) is 32.1 Å². The monoisotopic (exact) mass is 425 g/mol. The van der Waals surface area contributed by atoms with Crippen LogP contribution in [-0.4, -0.2) is 64.0 Å². The summed E-state index contributed by atoms with van der Waals surface area (Å²) in [5, 5.41) is 15.4. The van der Waals surface area contributed by atoms with Crippen LogP contribution in [0.2, 0.25) is 0 Å². The van der Waals surface area contributed by atoms with E-state index in [9.17, 15) is 14.3 Å². The van der Waals surface area contributed by atoms with Crippen LogP contribution in [0.25, 0.3) is 16.7 Å². The third-order valence-electron chi connectivity index (χ3n) is 6.02. The Morgan fingerprint density at radius 2 is 1.84 bits per heavy atom. The Labute approximate surface area is 181 Å². The van der Waals surface area contributed by atoms with Gasteiger partial charge in [0, 0.05) is 19.1 Å². The number of aromatic nitrogens is 3. The number of nitrogens with zero attached hydrogens (tertiary/aromatic N) is 5. The highest BCUT2D eigenvalue weighted by atomic mass is 19.1. The summed E-state index contributed by atoms with van der Waals surface area (Å²) in [5.41, 5.74) is 2.83. The second kappa shape index (κ2) is 8.26. The fourth-order valence-electron chi connectivity index (χ4n) is 4.27. The maximum atomic E-state index is 13.5. The highest BCUT2D eigenvalue weighted by Gasteiger charge is 2.27. The number of carboxylic acid groups (broad SMARTS) is 1. The first kappa shape index (κ1) is 21.2. The lowest BCUT2D eigenvalue weighted by Gasteiger charge is -2.37. The molecular weight excluding hydrogens is 397 g/mol. The quantitative estimate of drug-likeness (QED) is 0.668. The molecule has 0 unspecified atom stereocenters. The van der Waals surface area contributed by atoms with E-state index in [-0.39, 0.29) is 17.4 Å². The molecule has 1 N–H and O–H groups in total. The molecule has 164 valence electrons. The highest BCUT2D eigenvalue weighted by molar-refractivity contribution is 5.98. The summed E-state index contributed by atoms with van der Waals surface area (Å²) in [6, 6.07) is 8.17. The Morgan fingerprint density at radius 3 is 2.39 bits per heavy atom. The van der Waals surface area contributed by atoms with Crippen molar-refractivity contribution in [1.29, 1.82) is 0 Å². The fraction of sp³-hybridized carbons (Fsp3) is 0.435. The first-order chi connectivity index (χ1) is 14.8. The average Bonchev–Trinajstić information content (AvgIpc) is 3.13. The fourth-order valence-corrected chi connectivity index (χ4v) is 4.27. The van der Waals surface area contributed by atoms with Crippen molar-refractivity contribution in [3.63, 3.8) is 0 Å². The minimum Gasteiger partial charge on any atom is -0.477 e. The van der Waals surface area contributed by atoms with Crippen LogP contribution in [0.15, 0.2) is 30.3 Å². The number of anilines is 1. The van der Waals surface area contributed by atoms with Gasteiger partial charge in [-0.05, 0) is 63.2 Å². The van der Waals surface area contributed by atoms with Crippen LogP contribution in [0.4, 0.5) is 10.1 Å². The minimum absolute atomic E-state index is 0.0178. The van der Waals surface area contributed by atoms with Gasteiger partial charge in [0.2, 0.25) is 0 Å². The molecule has 3 aromatic rings. The van der Waals surface area contributed by atoms with Crippen LogP contribution < -0.4 is 4.90 Å². The summed E-state index contributed by atoms with van der Waals surface area (Å²) in [6.45, 7) is 5.79. The largest absolute Gasteiger partial charge is 0.477 e. The molecule has 7 nitrogen and oxygen atoms in total. The van der Waals surface area contributed by atoms with Crippen molar-refractivity contribution in [2.24, 2.45) is 0 Å². The molecule has 3 heterocycles. The normalized spacial score (nSPS) is 15.4. The molecule has 0 radical (unpaired) electrons. The molecule has 0 spiro atoms. The molecule has 1 saturated heterocycles. The van der Waals surface area contributed by atoms with Crippen LogP contribution in [0.3, 0.4) is 0 Å². The number of benzene rings is 1. The smallest absolute Gasteiger partial charge is 0.354 e. The van der Waals surface area contributed by atoms with Crippen molar-refractivity contribution in [3.05, 3.63) is 47.5 Å². The number of pyridine rings is 1. The van der Waals surface area contributed by atoms with Gasteiger partial charge in [-0.15, -0.1) is 0 Å². The van der Waals surface area contributed by atoms with E-state index in [0.29, 0.717) is 17.4 Å². The number of rotatable bonds is 5. The summed E-state index contributed by atoms with van der Waals surface area (Å²) >= 11 is 0. The molecule has 0 bridgehead atoms. The zero-order valence-electron chi connectivity index (χ0n) is 18.3. The molecular formula is C23H28FN5O2. The summed E-state index contributed by atoms with van der Waals surface area (Å²) in [7, 11) is 4.19. The zero-order valence-corrected chi connectivity index (χ0v) is 18.3. The first-order valence-electron chi connectivity index (χ1n) is 10.6. The van der Waals surface area contributed by atoms with Crippen molar-refractivity contribution >= 4 is 22.7 Å². The van der Waals surface area contributed by atoms with Crippen LogP contribution in [0.1, 0.15) is 48.8 Å². The molecule has 0 aliphatic carbocycles. The Bertz CT molecular complexity index is 1100. The van der Waals surface area contributed by atoms with Crippen molar-refractivity contribution in [1.82, 2.24) is 19.7 Å². The van der Waals surface area contributed by atoms with E-state index in [4.69, 9.17) is 5.10 Å². The predicted molar refractivity (Wildman–Crippen MR) is 119 cm³/mol. The Morgan fingerprint density at radius 1 is 1.19 bits per heavy atom. The number of aromatic carboxylic acids is 1. The molecule has 8 heteroatoms. The lowest BCUT2D eigenvalue weighted by molar-refractivity contribution is 0.0691. The lowest BCUT2D eigenvalue weighted by Crippen LogP contribution is -2.42. The van der Waals surface area contributed by atoms with Gasteiger partial charge in [0.1, 0.15) is 5.82 Å². The summed E-state index contributed by atoms with van der Waals surface area (Å²) in [6.07, 6.45) is 2.00. The van der Waals surface area contributed by atoms with Gasteiger partial charge in [-0.25, -0.2) is 18.9 Å². The molecule has 31 heavy (non-hydrogen) atoms. The van der Waals surface area contributed by atoms with Crippen LogP contribution >= 0.6 is 0 Å². The molecule has 1 aliphatic heterocycles. The third-order valence-corrected chi connectivity index (χ3v) is 6.02. The van der Waals surface area contributed by atoms with E-state index in [1.165, 1.54) is 12.1 Å². The minimum atomic E-state index is -1.08. The van der Waals surface area contributed by atoms with Crippen LogP contribution in [-0.2, 0) is 0 Å². The highest BCUT2D eigenvalue weighted by Crippen LogP contribution is 2.36. The molecule has 1 fully saturated rings. The van der Waals surface area contributed by atoms with E-state index in [2.05, 4.69) is 42.7 Å². The van der Waals surface area contributed by atoms with Gasteiger partial charge >= 0.3 is 5.97 Å². The van der Waals surface area contributed by atoms with Gasteiger partial charge in [0.05, 0.1) is 22.5 Å². The molecule has 0 saturated carbocycles. The first-order valence-corrected chi connectivity index (χ1v) is 10.6. The van der Waals surface area contributed by atoms with Gasteiger partial charge < -0.3 is 14.9 Å². The number of hydrogen-bond donors (Lipinski definition) is 1. The maximum absolute atomic E-state index is 13.5. The van der Waals surface area contributed by atoms with Gasteiger partial charge in [-0.1, -0.05) is 13.8 Å². The van der Waals surface area contributed by atoms with Crippen molar-refractivity contribution in [2.45, 2.75) is 38.6 Å². The van der Waals surface area contributed by atoms with Gasteiger partial charge in [-0.3, -0.25) is 0 Å². The summed E-state index contributed by atoms with van der Waals surface area (Å²) in [5.74, 6) is -1.31. The van der Waals surface area contributed by atoms with Crippen molar-refractivity contribution in [3.8, 4) is 5.69 Å². The maximum Gasteiger partial charge on any atom is 0.354 e. The number of hydrogen-bond acceptors (Lipinski definition) is 5. The second-order valence-electron chi connectivity index (χ2n) is 8.64. The SMILES string of the molecule is CC(C)c1nn(-c2ccc(F)cc2)c2nc(C(=O)O)cc(N3CCC(N(C)C)CC3)c12. The van der Waals surface area contributed by atoms with E-state index < -0.39 is 5.97 Å². The van der Waals surface area contributed by atoms with E-state index in [0.717, 1.165) is 42.7 Å². The van der Waals surface area contributed by atoms with E-state index in [1.54, 1.807) is 22.9 Å². The summed E-state index contributed by atoms with van der Waals surface area (Å²) in [4.78, 5) is 20.8. The molecule has 0 amide bonds. The second-order valence-corrected chi connectivity index (χ2v) is 8.64. The van der Waals surface area contributed by atoms with E-state index >= 15 is 0 Å². The molecule has 0 atom stereocenters. The van der Waals surface area contributed by atoms with Gasteiger partial charge in [0.25, 0.3) is 0 Å². The molecule has 1 aliphatic rings. The summed E-state index contributed by atoms with van der Waals surface area (Å²) < 4.78 is 15.1. The number of carbonyl (C=O) groups is 1. The van der Waals surface area contributed by atoms with Gasteiger partial charge in [0.15, 0.2) is 11.3 Å². The third kappa shape index (κ3) is 3.99. The Kier molecular flexibility index (Phi) is 5.66. The zero-order chi connectivity index (χ0) is 22.3. The van der Waals surface area contributed by atoms with E-state index in [1.807, 2.05) is 0 Å². The molecule has 4 rings (SSSR count). The lowest BCUT2D eigenvalue weighted by atomic mass is 10.0. The van der Waals surface area contributed by atoms with Crippen LogP contribution in [0, 0.1) is 5.82 Å². The molecule has 2 aromatic heterocycles. The average molecular weight is 426 g/mol.